The van der Waals surface area contributed by atoms with Crippen molar-refractivity contribution in [2.24, 2.45) is 0 Å². The normalized spacial score (nSPS) is 23.5. The van der Waals surface area contributed by atoms with E-state index in [4.69, 9.17) is 5.26 Å². The van der Waals surface area contributed by atoms with Crippen LogP contribution in [0.4, 0.5) is 0 Å². The largest absolute Gasteiger partial charge is 0.331 e. The lowest BCUT2D eigenvalue weighted by Gasteiger charge is -2.39. The molecule has 1 aromatic rings. The molecule has 2 unspecified atom stereocenters. The zero-order valence-corrected chi connectivity index (χ0v) is 10.7. The predicted molar refractivity (Wildman–Crippen MR) is 69.1 cm³/mol. The lowest BCUT2D eigenvalue weighted by atomic mass is 10.1. The fourth-order valence-electron chi connectivity index (χ4n) is 2.37. The minimum Gasteiger partial charge on any atom is -0.331 e. The van der Waals surface area contributed by atoms with Gasteiger partial charge in [0.15, 0.2) is 0 Å². The van der Waals surface area contributed by atoms with Crippen molar-refractivity contribution in [1.29, 1.82) is 5.26 Å². The minimum absolute atomic E-state index is 0.0426. The zero-order chi connectivity index (χ0) is 13.1. The molecule has 2 rings (SSSR count). The molecule has 1 aliphatic heterocycles. The average Bonchev–Trinajstić information content (AvgIpc) is 2.38. The van der Waals surface area contributed by atoms with E-state index in [9.17, 15) is 4.79 Å². The van der Waals surface area contributed by atoms with Gasteiger partial charge in [0.1, 0.15) is 0 Å². The van der Waals surface area contributed by atoms with Gasteiger partial charge < -0.3 is 10.2 Å². The molecule has 0 bridgehead atoms. The maximum Gasteiger partial charge on any atom is 0.254 e. The first kappa shape index (κ1) is 12.6. The highest BCUT2D eigenvalue weighted by Crippen LogP contribution is 2.15. The first-order chi connectivity index (χ1) is 8.63. The quantitative estimate of drug-likeness (QED) is 0.810. The Morgan fingerprint density at radius 1 is 1.28 bits per heavy atom. The zero-order valence-electron chi connectivity index (χ0n) is 10.7. The van der Waals surface area contributed by atoms with Crippen molar-refractivity contribution in [3.05, 3.63) is 35.4 Å². The summed E-state index contributed by atoms with van der Waals surface area (Å²) in [5.41, 5.74) is 1.22. The topological polar surface area (TPSA) is 56.1 Å². The molecule has 0 radical (unpaired) electrons. The van der Waals surface area contributed by atoms with Crippen molar-refractivity contribution in [1.82, 2.24) is 10.2 Å². The molecule has 1 heterocycles. The Hall–Kier alpha value is -1.86. The highest BCUT2D eigenvalue weighted by Gasteiger charge is 2.29. The summed E-state index contributed by atoms with van der Waals surface area (Å²) in [6, 6.07) is 9.26. The van der Waals surface area contributed by atoms with E-state index in [1.165, 1.54) is 0 Å². The molecular formula is C14H17N3O. The van der Waals surface area contributed by atoms with Crippen LogP contribution in [0, 0.1) is 11.3 Å². The van der Waals surface area contributed by atoms with Crippen LogP contribution in [0.1, 0.15) is 29.8 Å². The lowest BCUT2D eigenvalue weighted by molar-refractivity contribution is 0.0544. The maximum atomic E-state index is 12.4. The van der Waals surface area contributed by atoms with Crippen molar-refractivity contribution in [3.8, 4) is 6.07 Å². The third-order valence-electron chi connectivity index (χ3n) is 3.32. The van der Waals surface area contributed by atoms with Gasteiger partial charge in [-0.1, -0.05) is 0 Å². The van der Waals surface area contributed by atoms with Crippen LogP contribution in [0.25, 0.3) is 0 Å². The second-order valence-corrected chi connectivity index (χ2v) is 4.76. The molecule has 18 heavy (non-hydrogen) atoms. The van der Waals surface area contributed by atoms with Gasteiger partial charge in [-0.05, 0) is 38.1 Å². The molecule has 2 atom stereocenters. The van der Waals surface area contributed by atoms with Gasteiger partial charge in [0.2, 0.25) is 0 Å². The molecule has 0 saturated carbocycles. The molecule has 1 saturated heterocycles. The van der Waals surface area contributed by atoms with E-state index in [1.54, 1.807) is 24.3 Å². The van der Waals surface area contributed by atoms with Crippen molar-refractivity contribution < 1.29 is 4.79 Å². The highest BCUT2D eigenvalue weighted by molar-refractivity contribution is 5.94. The number of carbonyl (C=O) groups is 1. The maximum absolute atomic E-state index is 12.4. The van der Waals surface area contributed by atoms with E-state index in [0.29, 0.717) is 11.1 Å². The van der Waals surface area contributed by atoms with Gasteiger partial charge in [-0.25, -0.2) is 0 Å². The second-order valence-electron chi connectivity index (χ2n) is 4.76. The molecule has 1 fully saturated rings. The summed E-state index contributed by atoms with van der Waals surface area (Å²) in [5, 5.41) is 12.0. The smallest absolute Gasteiger partial charge is 0.254 e. The number of piperazine rings is 1. The van der Waals surface area contributed by atoms with E-state index < -0.39 is 0 Å². The van der Waals surface area contributed by atoms with E-state index in [2.05, 4.69) is 11.4 Å². The molecule has 4 heteroatoms. The molecule has 1 aromatic carbocycles. The monoisotopic (exact) mass is 243 g/mol. The SMILES string of the molecule is CC1CNCC(C)N1C(=O)c1ccc(C#N)cc1. The summed E-state index contributed by atoms with van der Waals surface area (Å²) < 4.78 is 0. The highest BCUT2D eigenvalue weighted by atomic mass is 16.2. The van der Waals surface area contributed by atoms with Crippen LogP contribution in [0.2, 0.25) is 0 Å². The van der Waals surface area contributed by atoms with E-state index in [0.717, 1.165) is 13.1 Å². The van der Waals surface area contributed by atoms with E-state index >= 15 is 0 Å². The molecule has 0 spiro atoms. The van der Waals surface area contributed by atoms with Crippen LogP contribution in [-0.2, 0) is 0 Å². The fraction of sp³-hybridized carbons (Fsp3) is 0.429. The molecule has 4 nitrogen and oxygen atoms in total. The fourth-order valence-corrected chi connectivity index (χ4v) is 2.37. The Balaban J connectivity index is 2.21. The minimum atomic E-state index is 0.0426. The average molecular weight is 243 g/mol. The molecule has 1 amide bonds. The van der Waals surface area contributed by atoms with E-state index in [1.807, 2.05) is 18.7 Å². The lowest BCUT2D eigenvalue weighted by Crippen LogP contribution is -2.57. The summed E-state index contributed by atoms with van der Waals surface area (Å²) in [7, 11) is 0. The predicted octanol–water partition coefficient (Wildman–Crippen LogP) is 1.38. The number of hydrogen-bond donors (Lipinski definition) is 1. The Kier molecular flexibility index (Phi) is 3.63. The third kappa shape index (κ3) is 2.36. The first-order valence-corrected chi connectivity index (χ1v) is 6.17. The van der Waals surface area contributed by atoms with Crippen LogP contribution in [0.3, 0.4) is 0 Å². The van der Waals surface area contributed by atoms with Gasteiger partial charge in [-0.15, -0.1) is 0 Å². The van der Waals surface area contributed by atoms with E-state index in [-0.39, 0.29) is 18.0 Å². The molecule has 0 aromatic heterocycles. The van der Waals surface area contributed by atoms with Crippen molar-refractivity contribution >= 4 is 5.91 Å². The number of amides is 1. The summed E-state index contributed by atoms with van der Waals surface area (Å²) in [5.74, 6) is 0.0426. The van der Waals surface area contributed by atoms with Crippen molar-refractivity contribution in [3.63, 3.8) is 0 Å². The molecule has 0 aliphatic carbocycles. The van der Waals surface area contributed by atoms with Gasteiger partial charge in [0.05, 0.1) is 11.6 Å². The summed E-state index contributed by atoms with van der Waals surface area (Å²) in [6.07, 6.45) is 0. The molecular weight excluding hydrogens is 226 g/mol. The molecule has 94 valence electrons. The number of nitrogens with zero attached hydrogens (tertiary/aromatic N) is 2. The van der Waals surface area contributed by atoms with Crippen LogP contribution < -0.4 is 5.32 Å². The Bertz CT molecular complexity index is 465. The van der Waals surface area contributed by atoms with Crippen LogP contribution in [0.15, 0.2) is 24.3 Å². The van der Waals surface area contributed by atoms with Crippen molar-refractivity contribution in [2.45, 2.75) is 25.9 Å². The third-order valence-corrected chi connectivity index (χ3v) is 3.32. The summed E-state index contributed by atoms with van der Waals surface area (Å²) >= 11 is 0. The van der Waals surface area contributed by atoms with Gasteiger partial charge >= 0.3 is 0 Å². The van der Waals surface area contributed by atoms with Crippen LogP contribution >= 0.6 is 0 Å². The number of benzene rings is 1. The Labute approximate surface area is 107 Å². The molecule has 1 N–H and O–H groups in total. The van der Waals surface area contributed by atoms with Crippen LogP contribution in [0.5, 0.6) is 0 Å². The van der Waals surface area contributed by atoms with Crippen LogP contribution in [-0.4, -0.2) is 36.0 Å². The molecule has 1 aliphatic rings. The number of rotatable bonds is 1. The first-order valence-electron chi connectivity index (χ1n) is 6.17. The Morgan fingerprint density at radius 2 is 1.83 bits per heavy atom. The summed E-state index contributed by atoms with van der Waals surface area (Å²) in [6.45, 7) is 5.74. The van der Waals surface area contributed by atoms with Gasteiger partial charge in [-0.3, -0.25) is 4.79 Å². The van der Waals surface area contributed by atoms with Gasteiger partial charge in [0, 0.05) is 30.7 Å². The number of hydrogen-bond acceptors (Lipinski definition) is 3. The number of nitrogens with one attached hydrogen (secondary N) is 1. The standard InChI is InChI=1S/C14H17N3O/c1-10-8-16-9-11(2)17(10)14(18)13-5-3-12(7-15)4-6-13/h3-6,10-11,16H,8-9H2,1-2H3. The van der Waals surface area contributed by atoms with Gasteiger partial charge in [0.25, 0.3) is 5.91 Å². The second kappa shape index (κ2) is 5.19. The van der Waals surface area contributed by atoms with Crippen molar-refractivity contribution in [2.75, 3.05) is 13.1 Å². The summed E-state index contributed by atoms with van der Waals surface area (Å²) in [4.78, 5) is 14.3. The Morgan fingerprint density at radius 3 is 2.33 bits per heavy atom. The number of nitriles is 1. The number of carbonyl (C=O) groups excluding carboxylic acids is 1. The van der Waals surface area contributed by atoms with Gasteiger partial charge in [-0.2, -0.15) is 5.26 Å².